The van der Waals surface area contributed by atoms with Crippen molar-refractivity contribution in [3.63, 3.8) is 0 Å². The standard InChI is InChI=1S/C27H21N7O3/c1-3-37-17-20-6-4-5-7-23(20)27(36)29-21-12-8-18(9-13-21)24-16-25(34(2)32-24)30-26(35)19-10-14-22(15-11-19)31-33-28/h1,4-16H,17H2,2H3,(H2-,28,29,30,31,32,35,36)/p+1. The van der Waals surface area contributed by atoms with Crippen molar-refractivity contribution < 1.29 is 14.3 Å². The summed E-state index contributed by atoms with van der Waals surface area (Å²) >= 11 is 0. The first-order valence-electron chi connectivity index (χ1n) is 11.1. The van der Waals surface area contributed by atoms with Gasteiger partial charge in [-0.2, -0.15) is 5.10 Å². The summed E-state index contributed by atoms with van der Waals surface area (Å²) < 4.78 is 6.57. The molecule has 0 spiro atoms. The topological polar surface area (TPSA) is 136 Å². The lowest BCUT2D eigenvalue weighted by Crippen LogP contribution is -2.14. The molecule has 1 aromatic heterocycles. The SMILES string of the molecule is C#COCc1ccccc1C(=O)Nc1ccc(-c2cc(NC(=O)c3ccc(N=[N+]=N)cc3)n(C)n2)cc1. The molecule has 4 rings (SSSR count). The number of carbonyl (C=O) groups excluding carboxylic acids is 2. The highest BCUT2D eigenvalue weighted by Crippen LogP contribution is 2.24. The van der Waals surface area contributed by atoms with Crippen LogP contribution in [0, 0.1) is 18.1 Å². The summed E-state index contributed by atoms with van der Waals surface area (Å²) in [7, 11) is 1.73. The van der Waals surface area contributed by atoms with Gasteiger partial charge in [0.1, 0.15) is 24.1 Å². The molecule has 0 aliphatic rings. The molecule has 182 valence electrons. The molecule has 3 N–H and O–H groups in total. The van der Waals surface area contributed by atoms with Gasteiger partial charge < -0.3 is 15.4 Å². The quantitative estimate of drug-likeness (QED) is 0.183. The van der Waals surface area contributed by atoms with Crippen molar-refractivity contribution >= 4 is 29.0 Å². The third-order valence-electron chi connectivity index (χ3n) is 5.43. The molecule has 2 amide bonds. The summed E-state index contributed by atoms with van der Waals surface area (Å²) in [5.41, 5.74) is 10.9. The molecule has 3 aromatic carbocycles. The number of rotatable bonds is 8. The number of hydrogen-bond donors (Lipinski definition) is 3. The molecule has 1 heterocycles. The van der Waals surface area contributed by atoms with E-state index in [2.05, 4.69) is 31.9 Å². The second kappa shape index (κ2) is 11.3. The Hall–Kier alpha value is -5.52. The molecule has 10 heteroatoms. The van der Waals surface area contributed by atoms with Gasteiger partial charge in [-0.05, 0) is 42.5 Å². The zero-order chi connectivity index (χ0) is 26.2. The van der Waals surface area contributed by atoms with Crippen molar-refractivity contribution in [3.05, 3.63) is 95.6 Å². The maximum absolute atomic E-state index is 12.8. The average Bonchev–Trinajstić information content (AvgIpc) is 3.28. The lowest BCUT2D eigenvalue weighted by atomic mass is 10.1. The molecule has 0 unspecified atom stereocenters. The summed E-state index contributed by atoms with van der Waals surface area (Å²) in [6, 6.07) is 22.5. The van der Waals surface area contributed by atoms with E-state index < -0.39 is 0 Å². The summed E-state index contributed by atoms with van der Waals surface area (Å²) in [6.45, 7) is 0.140. The Morgan fingerprint density at radius 2 is 1.78 bits per heavy atom. The normalized spacial score (nSPS) is 10.1. The molecule has 0 aliphatic carbocycles. The predicted molar refractivity (Wildman–Crippen MR) is 138 cm³/mol. The largest absolute Gasteiger partial charge is 0.442 e. The Kier molecular flexibility index (Phi) is 7.49. The van der Waals surface area contributed by atoms with Crippen LogP contribution in [-0.2, 0) is 18.4 Å². The number of benzene rings is 3. The highest BCUT2D eigenvalue weighted by atomic mass is 16.5. The van der Waals surface area contributed by atoms with E-state index >= 15 is 0 Å². The van der Waals surface area contributed by atoms with Gasteiger partial charge in [0, 0.05) is 41.1 Å². The van der Waals surface area contributed by atoms with Crippen LogP contribution < -0.4 is 15.5 Å². The van der Waals surface area contributed by atoms with Crippen molar-refractivity contribution in [2.75, 3.05) is 10.6 Å². The first-order chi connectivity index (χ1) is 18.0. The van der Waals surface area contributed by atoms with Crippen LogP contribution in [-0.4, -0.2) is 21.6 Å². The van der Waals surface area contributed by atoms with Gasteiger partial charge >= 0.3 is 0 Å². The van der Waals surface area contributed by atoms with E-state index in [0.717, 1.165) is 5.56 Å². The monoisotopic (exact) mass is 492 g/mol. The zero-order valence-corrected chi connectivity index (χ0v) is 19.8. The molecule has 0 bridgehead atoms. The number of hydrogen-bond acceptors (Lipinski definition) is 6. The van der Waals surface area contributed by atoms with Gasteiger partial charge in [-0.1, -0.05) is 36.8 Å². The molecular weight excluding hydrogens is 470 g/mol. The average molecular weight is 493 g/mol. The molecule has 4 aromatic rings. The van der Waals surface area contributed by atoms with Gasteiger partial charge in [0.25, 0.3) is 11.8 Å². The fourth-order valence-corrected chi connectivity index (χ4v) is 3.56. The van der Waals surface area contributed by atoms with Gasteiger partial charge in [-0.3, -0.25) is 14.3 Å². The van der Waals surface area contributed by atoms with Gasteiger partial charge in [-0.15, -0.1) is 0 Å². The second-order valence-electron chi connectivity index (χ2n) is 7.83. The molecule has 37 heavy (non-hydrogen) atoms. The molecule has 10 nitrogen and oxygen atoms in total. The first kappa shape index (κ1) is 24.6. The van der Waals surface area contributed by atoms with Crippen LogP contribution in [0.3, 0.4) is 0 Å². The molecule has 0 saturated heterocycles. The number of aryl methyl sites for hydroxylation is 1. The van der Waals surface area contributed by atoms with E-state index in [1.54, 1.807) is 72.4 Å². The number of amides is 2. The lowest BCUT2D eigenvalue weighted by Gasteiger charge is -2.10. The number of ether oxygens (including phenoxy) is 1. The number of terminal acetylenes is 1. The maximum atomic E-state index is 12.8. The lowest BCUT2D eigenvalue weighted by molar-refractivity contribution is 0.101. The van der Waals surface area contributed by atoms with Crippen LogP contribution in [0.4, 0.5) is 17.2 Å². The molecule has 0 saturated carbocycles. The van der Waals surface area contributed by atoms with E-state index in [1.807, 2.05) is 18.2 Å². The number of anilines is 2. The zero-order valence-electron chi connectivity index (χ0n) is 19.8. The van der Waals surface area contributed by atoms with Gasteiger partial charge in [0.15, 0.2) is 10.8 Å². The van der Waals surface area contributed by atoms with Crippen LogP contribution in [0.2, 0.25) is 0 Å². The van der Waals surface area contributed by atoms with Gasteiger partial charge in [0.2, 0.25) is 4.91 Å². The van der Waals surface area contributed by atoms with E-state index in [4.69, 9.17) is 16.7 Å². The van der Waals surface area contributed by atoms with E-state index in [0.29, 0.717) is 39.6 Å². The third-order valence-corrected chi connectivity index (χ3v) is 5.43. The number of aromatic nitrogens is 2. The van der Waals surface area contributed by atoms with Crippen LogP contribution in [0.1, 0.15) is 26.3 Å². The molecule has 0 aliphatic heterocycles. The second-order valence-corrected chi connectivity index (χ2v) is 7.83. The third kappa shape index (κ3) is 5.95. The molecular formula is C27H22N7O3+. The van der Waals surface area contributed by atoms with Crippen LogP contribution in [0.25, 0.3) is 11.3 Å². The Bertz CT molecular complexity index is 1530. The van der Waals surface area contributed by atoms with Gasteiger partial charge in [0.05, 0.1) is 5.69 Å². The van der Waals surface area contributed by atoms with E-state index in [1.165, 1.54) is 0 Å². The van der Waals surface area contributed by atoms with Crippen LogP contribution in [0.5, 0.6) is 0 Å². The van der Waals surface area contributed by atoms with Crippen molar-refractivity contribution in [1.29, 1.82) is 5.53 Å². The minimum absolute atomic E-state index is 0.140. The first-order valence-corrected chi connectivity index (χ1v) is 11.1. The Morgan fingerprint density at radius 3 is 2.49 bits per heavy atom. The number of nitrogens with one attached hydrogen (secondary N) is 3. The Balaban J connectivity index is 1.44. The summed E-state index contributed by atoms with van der Waals surface area (Å²) in [5, 5.41) is 13.8. The minimum Gasteiger partial charge on any atom is -0.442 e. The predicted octanol–water partition coefficient (Wildman–Crippen LogP) is 4.88. The Labute approximate surface area is 212 Å². The number of nitrogens with zero attached hydrogens (tertiary/aromatic N) is 4. The minimum atomic E-state index is -0.310. The molecule has 0 atom stereocenters. The smallest absolute Gasteiger partial charge is 0.256 e. The van der Waals surface area contributed by atoms with Crippen LogP contribution >= 0.6 is 0 Å². The van der Waals surface area contributed by atoms with Crippen molar-refractivity contribution in [1.82, 2.24) is 14.7 Å². The summed E-state index contributed by atoms with van der Waals surface area (Å²) in [6.07, 6.45) is 7.26. The highest BCUT2D eigenvalue weighted by Gasteiger charge is 2.14. The fraction of sp³-hybridized carbons (Fsp3) is 0.0741. The van der Waals surface area contributed by atoms with Gasteiger partial charge in [-0.25, -0.2) is 0 Å². The maximum Gasteiger partial charge on any atom is 0.256 e. The fourth-order valence-electron chi connectivity index (χ4n) is 3.56. The van der Waals surface area contributed by atoms with E-state index in [9.17, 15) is 9.59 Å². The van der Waals surface area contributed by atoms with Crippen LogP contribution in [0.15, 0.2) is 84.0 Å². The Morgan fingerprint density at radius 1 is 1.05 bits per heavy atom. The van der Waals surface area contributed by atoms with Crippen molar-refractivity contribution in [2.45, 2.75) is 6.61 Å². The summed E-state index contributed by atoms with van der Waals surface area (Å²) in [5.74, 6) is -0.0735. The number of carbonyl (C=O) groups is 2. The van der Waals surface area contributed by atoms with Crippen molar-refractivity contribution in [2.24, 2.45) is 12.2 Å². The summed E-state index contributed by atoms with van der Waals surface area (Å²) in [4.78, 5) is 28.4. The highest BCUT2D eigenvalue weighted by molar-refractivity contribution is 6.05. The van der Waals surface area contributed by atoms with E-state index in [-0.39, 0.29) is 18.4 Å². The molecule has 0 radical (unpaired) electrons. The molecule has 0 fully saturated rings. The van der Waals surface area contributed by atoms with Crippen molar-refractivity contribution in [3.8, 4) is 23.8 Å².